The van der Waals surface area contributed by atoms with Crippen LogP contribution in [0.3, 0.4) is 0 Å². The van der Waals surface area contributed by atoms with Crippen LogP contribution >= 0.6 is 24.8 Å². The molecular formula is C20H30Cl2F3N3O. The zero-order valence-corrected chi connectivity index (χ0v) is 18.2. The standard InChI is InChI=1S/C20H28F3N3O.2ClH/c1-15(16-5-7-24-8-6-16)13-19(27)26-11-9-25(10-12-26)18-4-2-3-17(14-18)20(21,22)23;;/h2-4,14-16,24H,5-13H2,1H3;2*1H. The highest BCUT2D eigenvalue weighted by molar-refractivity contribution is 5.85. The van der Waals surface area contributed by atoms with E-state index in [1.165, 1.54) is 12.1 Å². The van der Waals surface area contributed by atoms with E-state index in [-0.39, 0.29) is 30.7 Å². The van der Waals surface area contributed by atoms with Crippen LogP contribution in [0.2, 0.25) is 0 Å². The number of nitrogens with one attached hydrogen (secondary N) is 1. The van der Waals surface area contributed by atoms with Gasteiger partial charge in [-0.2, -0.15) is 13.2 Å². The lowest BCUT2D eigenvalue weighted by molar-refractivity contribution is -0.137. The SMILES string of the molecule is CC(CC(=O)N1CCN(c2cccc(C(F)(F)F)c2)CC1)C1CCNCC1.Cl.Cl. The van der Waals surface area contributed by atoms with Crippen LogP contribution in [-0.2, 0) is 11.0 Å². The van der Waals surface area contributed by atoms with E-state index < -0.39 is 11.7 Å². The van der Waals surface area contributed by atoms with Crippen LogP contribution in [0, 0.1) is 11.8 Å². The Hall–Kier alpha value is -1.18. The molecule has 0 aliphatic carbocycles. The minimum atomic E-state index is -4.33. The summed E-state index contributed by atoms with van der Waals surface area (Å²) in [7, 11) is 0. The fraction of sp³-hybridized carbons (Fsp3) is 0.650. The third-order valence-corrected chi connectivity index (χ3v) is 5.86. The number of nitrogens with zero attached hydrogens (tertiary/aromatic N) is 2. The van der Waals surface area contributed by atoms with Crippen molar-refractivity contribution >= 4 is 36.4 Å². The van der Waals surface area contributed by atoms with Crippen molar-refractivity contribution in [2.75, 3.05) is 44.2 Å². The Morgan fingerprint density at radius 1 is 1.14 bits per heavy atom. The van der Waals surface area contributed by atoms with Crippen molar-refractivity contribution < 1.29 is 18.0 Å². The number of hydrogen-bond acceptors (Lipinski definition) is 3. The number of amides is 1. The van der Waals surface area contributed by atoms with Gasteiger partial charge in [0.15, 0.2) is 0 Å². The van der Waals surface area contributed by atoms with Gasteiger partial charge in [0.1, 0.15) is 0 Å². The molecule has 2 aliphatic rings. The molecule has 4 nitrogen and oxygen atoms in total. The van der Waals surface area contributed by atoms with Crippen molar-refractivity contribution in [3.05, 3.63) is 29.8 Å². The normalized spacial score (nSPS) is 19.2. The third-order valence-electron chi connectivity index (χ3n) is 5.86. The Balaban J connectivity index is 0.00000210. The van der Waals surface area contributed by atoms with E-state index in [0.29, 0.717) is 50.1 Å². The fourth-order valence-corrected chi connectivity index (χ4v) is 4.08. The molecule has 1 unspecified atom stereocenters. The van der Waals surface area contributed by atoms with Crippen LogP contribution in [-0.4, -0.2) is 50.1 Å². The van der Waals surface area contributed by atoms with Gasteiger partial charge in [-0.25, -0.2) is 0 Å². The number of halogens is 5. The monoisotopic (exact) mass is 455 g/mol. The molecule has 2 heterocycles. The highest BCUT2D eigenvalue weighted by atomic mass is 35.5. The highest BCUT2D eigenvalue weighted by Crippen LogP contribution is 2.32. The molecule has 1 N–H and O–H groups in total. The predicted molar refractivity (Wildman–Crippen MR) is 114 cm³/mol. The molecule has 1 atom stereocenters. The summed E-state index contributed by atoms with van der Waals surface area (Å²) >= 11 is 0. The first kappa shape index (κ1) is 25.9. The summed E-state index contributed by atoms with van der Waals surface area (Å²) in [5.74, 6) is 1.15. The first-order chi connectivity index (χ1) is 12.8. The van der Waals surface area contributed by atoms with Crippen LogP contribution < -0.4 is 10.2 Å². The number of alkyl halides is 3. The maximum Gasteiger partial charge on any atom is 0.416 e. The summed E-state index contributed by atoms with van der Waals surface area (Å²) in [6, 6.07) is 5.42. The minimum Gasteiger partial charge on any atom is -0.368 e. The van der Waals surface area contributed by atoms with E-state index in [1.807, 2.05) is 9.80 Å². The average molecular weight is 456 g/mol. The molecule has 1 amide bonds. The van der Waals surface area contributed by atoms with Gasteiger partial charge in [0.2, 0.25) is 5.91 Å². The summed E-state index contributed by atoms with van der Waals surface area (Å²) < 4.78 is 38.7. The molecule has 0 spiro atoms. The van der Waals surface area contributed by atoms with Crippen molar-refractivity contribution in [3.8, 4) is 0 Å². The summed E-state index contributed by atoms with van der Waals surface area (Å²) in [4.78, 5) is 16.4. The van der Waals surface area contributed by atoms with Gasteiger partial charge in [0.25, 0.3) is 0 Å². The van der Waals surface area contributed by atoms with Gasteiger partial charge >= 0.3 is 6.18 Å². The fourth-order valence-electron chi connectivity index (χ4n) is 4.08. The molecule has 0 saturated carbocycles. The second-order valence-electron chi connectivity index (χ2n) is 7.68. The van der Waals surface area contributed by atoms with Gasteiger partial charge in [-0.05, 0) is 56.0 Å². The lowest BCUT2D eigenvalue weighted by atomic mass is 9.84. The number of piperazine rings is 1. The topological polar surface area (TPSA) is 35.6 Å². The number of piperidine rings is 1. The number of carbonyl (C=O) groups excluding carboxylic acids is 1. The van der Waals surface area contributed by atoms with E-state index in [0.717, 1.165) is 32.0 Å². The molecule has 0 aromatic heterocycles. The first-order valence-corrected chi connectivity index (χ1v) is 9.75. The molecule has 2 fully saturated rings. The Bertz CT molecular complexity index is 646. The molecule has 2 saturated heterocycles. The Morgan fingerprint density at radius 2 is 1.76 bits per heavy atom. The molecule has 9 heteroatoms. The van der Waals surface area contributed by atoms with Gasteiger partial charge in [-0.15, -0.1) is 24.8 Å². The van der Waals surface area contributed by atoms with Gasteiger partial charge < -0.3 is 15.1 Å². The van der Waals surface area contributed by atoms with Gasteiger partial charge in [-0.1, -0.05) is 13.0 Å². The summed E-state index contributed by atoms with van der Waals surface area (Å²) in [5.41, 5.74) is -0.0608. The van der Waals surface area contributed by atoms with E-state index in [9.17, 15) is 18.0 Å². The highest BCUT2D eigenvalue weighted by Gasteiger charge is 2.31. The van der Waals surface area contributed by atoms with Gasteiger partial charge in [-0.3, -0.25) is 4.79 Å². The number of benzene rings is 1. The van der Waals surface area contributed by atoms with Crippen LogP contribution in [0.1, 0.15) is 31.7 Å². The molecule has 3 rings (SSSR count). The smallest absolute Gasteiger partial charge is 0.368 e. The Kier molecular flexibility index (Phi) is 10.1. The van der Waals surface area contributed by atoms with Crippen molar-refractivity contribution in [1.82, 2.24) is 10.2 Å². The summed E-state index contributed by atoms with van der Waals surface area (Å²) in [6.45, 7) is 6.47. The quantitative estimate of drug-likeness (QED) is 0.737. The van der Waals surface area contributed by atoms with E-state index >= 15 is 0 Å². The number of anilines is 1. The van der Waals surface area contributed by atoms with E-state index in [1.54, 1.807) is 6.07 Å². The average Bonchev–Trinajstić information content (AvgIpc) is 2.68. The van der Waals surface area contributed by atoms with Crippen LogP contribution in [0.5, 0.6) is 0 Å². The minimum absolute atomic E-state index is 0. The van der Waals surface area contributed by atoms with Crippen molar-refractivity contribution in [2.24, 2.45) is 11.8 Å². The maximum absolute atomic E-state index is 12.9. The van der Waals surface area contributed by atoms with Gasteiger partial charge in [0.05, 0.1) is 5.56 Å². The second-order valence-corrected chi connectivity index (χ2v) is 7.68. The molecule has 0 bridgehead atoms. The lowest BCUT2D eigenvalue weighted by Gasteiger charge is -2.37. The molecule has 0 radical (unpaired) electrons. The zero-order valence-electron chi connectivity index (χ0n) is 16.6. The van der Waals surface area contributed by atoms with Crippen LogP contribution in [0.15, 0.2) is 24.3 Å². The largest absolute Gasteiger partial charge is 0.416 e. The number of hydrogen-bond donors (Lipinski definition) is 1. The summed E-state index contributed by atoms with van der Waals surface area (Å²) in [5, 5.41) is 3.35. The number of carbonyl (C=O) groups is 1. The molecule has 2 aliphatic heterocycles. The molecular weight excluding hydrogens is 426 g/mol. The van der Waals surface area contributed by atoms with E-state index in [4.69, 9.17) is 0 Å². The third kappa shape index (κ3) is 6.93. The second kappa shape index (κ2) is 11.3. The van der Waals surface area contributed by atoms with Crippen LogP contribution in [0.4, 0.5) is 18.9 Å². The molecule has 1 aromatic rings. The van der Waals surface area contributed by atoms with Crippen LogP contribution in [0.25, 0.3) is 0 Å². The molecule has 29 heavy (non-hydrogen) atoms. The maximum atomic E-state index is 12.9. The molecule has 166 valence electrons. The predicted octanol–water partition coefficient (Wildman–Crippen LogP) is 4.22. The zero-order chi connectivity index (χ0) is 19.4. The first-order valence-electron chi connectivity index (χ1n) is 9.75. The van der Waals surface area contributed by atoms with Crippen molar-refractivity contribution in [3.63, 3.8) is 0 Å². The van der Waals surface area contributed by atoms with Crippen molar-refractivity contribution in [2.45, 2.75) is 32.4 Å². The molecule has 1 aromatic carbocycles. The summed E-state index contributed by atoms with van der Waals surface area (Å²) in [6.07, 6.45) is -1.53. The number of rotatable bonds is 4. The van der Waals surface area contributed by atoms with Gasteiger partial charge in [0, 0.05) is 38.3 Å². The Labute approximate surface area is 183 Å². The Morgan fingerprint density at radius 3 is 2.34 bits per heavy atom. The lowest BCUT2D eigenvalue weighted by Crippen LogP contribution is -2.49. The van der Waals surface area contributed by atoms with E-state index in [2.05, 4.69) is 12.2 Å². The van der Waals surface area contributed by atoms with Crippen molar-refractivity contribution in [1.29, 1.82) is 0 Å².